The van der Waals surface area contributed by atoms with Crippen molar-refractivity contribution in [3.63, 3.8) is 0 Å². The molecule has 0 bridgehead atoms. The Morgan fingerprint density at radius 2 is 2.28 bits per heavy atom. The number of hydrogen-bond donors (Lipinski definition) is 2. The van der Waals surface area contributed by atoms with Gasteiger partial charge in [-0.2, -0.15) is 0 Å². The predicted octanol–water partition coefficient (Wildman–Crippen LogP) is 3.83. The lowest BCUT2D eigenvalue weighted by molar-refractivity contribution is 0.0155. The standard InChI is InChI=1S/C20H21BrN4O2S2/c1-10-23-15(8-28-10)18(26)24-12-3-5-17-14(7-12)20(9-29-19(22)25-20)13-6-11(21)2-4-16(13)27-17/h2,4,6,8,12,14,17H,3,5,7,9H2,1H3,(H2,22,25)(H,24,26). The van der Waals surface area contributed by atoms with Gasteiger partial charge in [0.15, 0.2) is 5.17 Å². The predicted molar refractivity (Wildman–Crippen MR) is 120 cm³/mol. The summed E-state index contributed by atoms with van der Waals surface area (Å²) in [5, 5.41) is 6.52. The maximum Gasteiger partial charge on any atom is 0.270 e. The monoisotopic (exact) mass is 492 g/mol. The smallest absolute Gasteiger partial charge is 0.270 e. The highest BCUT2D eigenvalue weighted by molar-refractivity contribution is 9.10. The summed E-state index contributed by atoms with van der Waals surface area (Å²) in [6.07, 6.45) is 2.64. The Hall–Kier alpha value is -1.58. The Bertz CT molecular complexity index is 1010. The van der Waals surface area contributed by atoms with Crippen molar-refractivity contribution in [1.82, 2.24) is 10.3 Å². The van der Waals surface area contributed by atoms with Crippen molar-refractivity contribution in [3.8, 4) is 5.75 Å². The van der Waals surface area contributed by atoms with Gasteiger partial charge in [-0.1, -0.05) is 27.7 Å². The van der Waals surface area contributed by atoms with Crippen LogP contribution in [0.1, 0.15) is 40.3 Å². The van der Waals surface area contributed by atoms with Crippen LogP contribution < -0.4 is 15.8 Å². The van der Waals surface area contributed by atoms with Crippen LogP contribution in [-0.4, -0.2) is 34.0 Å². The second kappa shape index (κ2) is 7.28. The third-order valence-electron chi connectivity index (χ3n) is 6.02. The number of carbonyl (C=O) groups is 1. The molecule has 5 rings (SSSR count). The van der Waals surface area contributed by atoms with Crippen molar-refractivity contribution in [2.45, 2.75) is 43.9 Å². The van der Waals surface area contributed by atoms with Crippen LogP contribution in [0.2, 0.25) is 0 Å². The molecular weight excluding hydrogens is 472 g/mol. The van der Waals surface area contributed by atoms with E-state index in [2.05, 4.69) is 32.3 Å². The largest absolute Gasteiger partial charge is 0.490 e. The van der Waals surface area contributed by atoms with Gasteiger partial charge in [-0.25, -0.2) is 9.98 Å². The quantitative estimate of drug-likeness (QED) is 0.664. The number of nitrogens with zero attached hydrogens (tertiary/aromatic N) is 2. The Morgan fingerprint density at radius 1 is 1.41 bits per heavy atom. The zero-order chi connectivity index (χ0) is 20.2. The van der Waals surface area contributed by atoms with Crippen LogP contribution in [0.4, 0.5) is 0 Å². The van der Waals surface area contributed by atoms with Gasteiger partial charge in [-0.15, -0.1) is 11.3 Å². The number of nitrogens with one attached hydrogen (secondary N) is 1. The second-order valence-electron chi connectivity index (χ2n) is 7.80. The van der Waals surface area contributed by atoms with Gasteiger partial charge in [0, 0.05) is 33.1 Å². The second-order valence-corrected chi connectivity index (χ2v) is 10.8. The average Bonchev–Trinajstić information content (AvgIpc) is 3.30. The number of amides is 1. The maximum atomic E-state index is 12.6. The topological polar surface area (TPSA) is 89.6 Å². The van der Waals surface area contributed by atoms with Crippen molar-refractivity contribution in [1.29, 1.82) is 0 Å². The molecule has 1 aromatic carbocycles. The molecule has 3 aliphatic rings. The molecule has 1 amide bonds. The molecule has 1 fully saturated rings. The number of halogens is 1. The molecule has 4 atom stereocenters. The lowest BCUT2D eigenvalue weighted by Crippen LogP contribution is -2.54. The van der Waals surface area contributed by atoms with E-state index < -0.39 is 5.54 Å². The molecule has 152 valence electrons. The Balaban J connectivity index is 1.45. The first-order chi connectivity index (χ1) is 13.9. The molecule has 9 heteroatoms. The van der Waals surface area contributed by atoms with Gasteiger partial charge < -0.3 is 15.8 Å². The highest BCUT2D eigenvalue weighted by Gasteiger charge is 2.54. The van der Waals surface area contributed by atoms with E-state index in [1.807, 2.05) is 24.4 Å². The lowest BCUT2D eigenvalue weighted by Gasteiger charge is -2.48. The first-order valence-electron chi connectivity index (χ1n) is 9.62. The van der Waals surface area contributed by atoms with Crippen LogP contribution in [0.3, 0.4) is 0 Å². The molecule has 1 aliphatic carbocycles. The van der Waals surface area contributed by atoms with E-state index in [0.717, 1.165) is 45.8 Å². The number of thiazole rings is 1. The number of aryl methyl sites for hydroxylation is 1. The summed E-state index contributed by atoms with van der Waals surface area (Å²) >= 11 is 6.69. The highest BCUT2D eigenvalue weighted by atomic mass is 79.9. The normalized spacial score (nSPS) is 30.3. The van der Waals surface area contributed by atoms with Gasteiger partial charge in [0.1, 0.15) is 23.1 Å². The van der Waals surface area contributed by atoms with Gasteiger partial charge >= 0.3 is 0 Å². The SMILES string of the molecule is Cc1nc(C(=O)NC2CCC3Oc4ccc(Br)cc4C4(CSC(N)=N4)C3C2)cs1. The number of benzene rings is 1. The van der Waals surface area contributed by atoms with Crippen LogP contribution >= 0.6 is 39.0 Å². The Morgan fingerprint density at radius 3 is 3.00 bits per heavy atom. The number of carbonyl (C=O) groups excluding carboxylic acids is 1. The number of nitrogens with two attached hydrogens (primary N) is 1. The summed E-state index contributed by atoms with van der Waals surface area (Å²) in [7, 11) is 0. The first kappa shape index (κ1) is 19.4. The van der Waals surface area contributed by atoms with Crippen molar-refractivity contribution < 1.29 is 9.53 Å². The number of thioether (sulfide) groups is 1. The van der Waals surface area contributed by atoms with Gasteiger partial charge in [-0.05, 0) is 44.4 Å². The zero-order valence-corrected chi connectivity index (χ0v) is 19.1. The number of hydrogen-bond acceptors (Lipinski definition) is 7. The fraction of sp³-hybridized carbons (Fsp3) is 0.450. The lowest BCUT2D eigenvalue weighted by atomic mass is 9.67. The fourth-order valence-electron chi connectivity index (χ4n) is 4.72. The van der Waals surface area contributed by atoms with E-state index in [1.165, 1.54) is 11.3 Å². The molecule has 0 radical (unpaired) electrons. The van der Waals surface area contributed by atoms with Crippen molar-refractivity contribution in [2.24, 2.45) is 16.6 Å². The summed E-state index contributed by atoms with van der Waals surface area (Å²) in [4.78, 5) is 21.9. The summed E-state index contributed by atoms with van der Waals surface area (Å²) in [5.74, 6) is 1.76. The van der Waals surface area contributed by atoms with E-state index in [4.69, 9.17) is 15.5 Å². The van der Waals surface area contributed by atoms with Crippen LogP contribution in [0.25, 0.3) is 0 Å². The van der Waals surface area contributed by atoms with Gasteiger partial charge in [-0.3, -0.25) is 4.79 Å². The highest BCUT2D eigenvalue weighted by Crippen LogP contribution is 2.54. The summed E-state index contributed by atoms with van der Waals surface area (Å²) in [6.45, 7) is 1.91. The van der Waals surface area contributed by atoms with E-state index >= 15 is 0 Å². The molecule has 2 aromatic rings. The molecule has 3 N–H and O–H groups in total. The number of fused-ring (bicyclic) bond motifs is 4. The van der Waals surface area contributed by atoms with E-state index in [9.17, 15) is 4.79 Å². The van der Waals surface area contributed by atoms with Gasteiger partial charge in [0.2, 0.25) is 0 Å². The fourth-order valence-corrected chi connectivity index (χ4v) is 6.71. The summed E-state index contributed by atoms with van der Waals surface area (Å²) < 4.78 is 7.39. The first-order valence-corrected chi connectivity index (χ1v) is 12.3. The molecule has 1 spiro atoms. The van der Waals surface area contributed by atoms with Crippen LogP contribution in [0.5, 0.6) is 5.75 Å². The molecule has 3 heterocycles. The van der Waals surface area contributed by atoms with Crippen LogP contribution in [-0.2, 0) is 5.54 Å². The van der Waals surface area contributed by atoms with Crippen molar-refractivity contribution in [2.75, 3.05) is 5.75 Å². The number of aromatic nitrogens is 1. The number of ether oxygens (including phenoxy) is 1. The molecular formula is C20H21BrN4O2S2. The zero-order valence-electron chi connectivity index (χ0n) is 15.9. The Labute approximate surface area is 185 Å². The van der Waals surface area contributed by atoms with E-state index in [-0.39, 0.29) is 24.0 Å². The molecule has 6 nitrogen and oxygen atoms in total. The number of aliphatic imine (C=N–C) groups is 1. The Kier molecular flexibility index (Phi) is 4.87. The van der Waals surface area contributed by atoms with Gasteiger partial charge in [0.25, 0.3) is 5.91 Å². The summed E-state index contributed by atoms with van der Waals surface area (Å²) in [5.41, 5.74) is 7.31. The summed E-state index contributed by atoms with van der Waals surface area (Å²) in [6, 6.07) is 6.20. The molecule has 2 aliphatic heterocycles. The third-order valence-corrected chi connectivity index (χ3v) is 8.26. The maximum absolute atomic E-state index is 12.6. The van der Waals surface area contributed by atoms with Crippen molar-refractivity contribution >= 4 is 50.1 Å². The number of rotatable bonds is 2. The molecule has 29 heavy (non-hydrogen) atoms. The van der Waals surface area contributed by atoms with Crippen LogP contribution in [0, 0.1) is 12.8 Å². The van der Waals surface area contributed by atoms with Crippen molar-refractivity contribution in [3.05, 3.63) is 44.3 Å². The molecule has 4 unspecified atom stereocenters. The van der Waals surface area contributed by atoms with E-state index in [1.54, 1.807) is 11.8 Å². The average molecular weight is 493 g/mol. The van der Waals surface area contributed by atoms with Crippen LogP contribution in [0.15, 0.2) is 33.0 Å². The minimum absolute atomic E-state index is 0.0713. The molecule has 1 aromatic heterocycles. The van der Waals surface area contributed by atoms with Gasteiger partial charge in [0.05, 0.1) is 5.01 Å². The molecule has 0 saturated heterocycles. The number of amidine groups is 1. The minimum atomic E-state index is -0.405. The third kappa shape index (κ3) is 3.37. The van der Waals surface area contributed by atoms with E-state index in [0.29, 0.717) is 10.9 Å². The molecule has 1 saturated carbocycles. The minimum Gasteiger partial charge on any atom is -0.490 e.